The predicted molar refractivity (Wildman–Crippen MR) is 92.9 cm³/mol. The second-order valence-corrected chi connectivity index (χ2v) is 6.95. The van der Waals surface area contributed by atoms with E-state index in [-0.39, 0.29) is 11.8 Å². The van der Waals surface area contributed by atoms with Gasteiger partial charge in [-0.25, -0.2) is 0 Å². The number of hydrogen-bond acceptors (Lipinski definition) is 1. The van der Waals surface area contributed by atoms with Crippen LogP contribution in [0.4, 0.5) is 0 Å². The van der Waals surface area contributed by atoms with Crippen molar-refractivity contribution < 1.29 is 4.79 Å². The summed E-state index contributed by atoms with van der Waals surface area (Å²) in [5.74, 6) is 0.723. The third kappa shape index (κ3) is 3.77. The number of rotatable bonds is 5. The van der Waals surface area contributed by atoms with Crippen molar-refractivity contribution in [3.8, 4) is 0 Å². The van der Waals surface area contributed by atoms with Crippen LogP contribution < -0.4 is 5.32 Å². The van der Waals surface area contributed by atoms with Gasteiger partial charge < -0.3 is 5.32 Å². The van der Waals surface area contributed by atoms with Crippen LogP contribution in [0.1, 0.15) is 29.0 Å². The SMILES string of the molecule is Cc1cccc(CCNC(=O)C2CC2c2cccc(Br)c2)c1. The molecule has 2 aromatic rings. The fraction of sp³-hybridized carbons (Fsp3) is 0.316. The maximum atomic E-state index is 12.2. The minimum atomic E-state index is 0.145. The minimum Gasteiger partial charge on any atom is -0.356 e. The van der Waals surface area contributed by atoms with Gasteiger partial charge in [0.2, 0.25) is 5.91 Å². The molecule has 2 unspecified atom stereocenters. The number of aryl methyl sites for hydroxylation is 1. The van der Waals surface area contributed by atoms with E-state index < -0.39 is 0 Å². The lowest BCUT2D eigenvalue weighted by Crippen LogP contribution is -2.27. The van der Waals surface area contributed by atoms with Gasteiger partial charge in [0, 0.05) is 16.9 Å². The van der Waals surface area contributed by atoms with Crippen LogP contribution in [0.5, 0.6) is 0 Å². The molecule has 2 aromatic carbocycles. The molecule has 1 N–H and O–H groups in total. The second-order valence-electron chi connectivity index (χ2n) is 6.03. The van der Waals surface area contributed by atoms with Gasteiger partial charge in [-0.15, -0.1) is 0 Å². The van der Waals surface area contributed by atoms with E-state index in [1.807, 2.05) is 12.1 Å². The van der Waals surface area contributed by atoms with Gasteiger partial charge in [0.1, 0.15) is 0 Å². The molecule has 0 spiro atoms. The topological polar surface area (TPSA) is 29.1 Å². The molecule has 1 aliphatic carbocycles. The van der Waals surface area contributed by atoms with Crippen LogP contribution in [-0.4, -0.2) is 12.5 Å². The highest BCUT2D eigenvalue weighted by Gasteiger charge is 2.43. The lowest BCUT2D eigenvalue weighted by Gasteiger charge is -2.06. The van der Waals surface area contributed by atoms with E-state index in [2.05, 4.69) is 64.6 Å². The Hall–Kier alpha value is -1.61. The zero-order valence-corrected chi connectivity index (χ0v) is 14.3. The molecule has 2 nitrogen and oxygen atoms in total. The van der Waals surface area contributed by atoms with Gasteiger partial charge in [-0.2, -0.15) is 0 Å². The highest BCUT2D eigenvalue weighted by molar-refractivity contribution is 9.10. The zero-order chi connectivity index (χ0) is 15.5. The fourth-order valence-electron chi connectivity index (χ4n) is 2.92. The minimum absolute atomic E-state index is 0.145. The smallest absolute Gasteiger partial charge is 0.223 e. The van der Waals surface area contributed by atoms with Gasteiger partial charge in [-0.05, 0) is 48.9 Å². The van der Waals surface area contributed by atoms with E-state index in [1.54, 1.807) is 0 Å². The van der Waals surface area contributed by atoms with Gasteiger partial charge in [0.05, 0.1) is 0 Å². The number of carbonyl (C=O) groups is 1. The lowest BCUT2D eigenvalue weighted by atomic mass is 10.1. The molecule has 0 heterocycles. The van der Waals surface area contributed by atoms with Gasteiger partial charge in [-0.3, -0.25) is 4.79 Å². The molecular formula is C19H20BrNO. The first-order valence-corrected chi connectivity index (χ1v) is 8.51. The average molecular weight is 358 g/mol. The Morgan fingerprint density at radius 2 is 2.05 bits per heavy atom. The highest BCUT2D eigenvalue weighted by atomic mass is 79.9. The number of benzene rings is 2. The van der Waals surface area contributed by atoms with Crippen LogP contribution in [0.3, 0.4) is 0 Å². The third-order valence-corrected chi connectivity index (χ3v) is 4.69. The van der Waals surface area contributed by atoms with Gasteiger partial charge >= 0.3 is 0 Å². The van der Waals surface area contributed by atoms with Crippen LogP contribution in [0.25, 0.3) is 0 Å². The number of amides is 1. The number of hydrogen-bond donors (Lipinski definition) is 1. The molecule has 114 valence electrons. The number of nitrogens with one attached hydrogen (secondary N) is 1. The van der Waals surface area contributed by atoms with Crippen LogP contribution in [0, 0.1) is 12.8 Å². The standard InChI is InChI=1S/C19H20BrNO/c1-13-4-2-5-14(10-13)8-9-21-19(22)18-12-17(18)15-6-3-7-16(20)11-15/h2-7,10-11,17-18H,8-9,12H2,1H3,(H,21,22). The van der Waals surface area contributed by atoms with Crippen LogP contribution in [0.2, 0.25) is 0 Å². The summed E-state index contributed by atoms with van der Waals surface area (Å²) in [6, 6.07) is 16.7. The molecule has 1 fully saturated rings. The van der Waals surface area contributed by atoms with Crippen molar-refractivity contribution >= 4 is 21.8 Å². The Balaban J connectivity index is 1.48. The maximum Gasteiger partial charge on any atom is 0.223 e. The van der Waals surface area contributed by atoms with Crippen LogP contribution in [0.15, 0.2) is 53.0 Å². The van der Waals surface area contributed by atoms with E-state index in [0.717, 1.165) is 17.3 Å². The average Bonchev–Trinajstić information content (AvgIpc) is 3.28. The summed E-state index contributed by atoms with van der Waals surface area (Å²) >= 11 is 3.49. The van der Waals surface area contributed by atoms with E-state index in [0.29, 0.717) is 12.5 Å². The molecule has 1 amide bonds. The van der Waals surface area contributed by atoms with Crippen LogP contribution in [-0.2, 0) is 11.2 Å². The molecule has 0 saturated heterocycles. The monoisotopic (exact) mass is 357 g/mol. The van der Waals surface area contributed by atoms with Gasteiger partial charge in [0.15, 0.2) is 0 Å². The molecule has 0 aromatic heterocycles. The van der Waals surface area contributed by atoms with Gasteiger partial charge in [-0.1, -0.05) is 57.9 Å². The van der Waals surface area contributed by atoms with Crippen molar-refractivity contribution in [2.24, 2.45) is 5.92 Å². The summed E-state index contributed by atoms with van der Waals surface area (Å²) < 4.78 is 1.08. The molecular weight excluding hydrogens is 338 g/mol. The zero-order valence-electron chi connectivity index (χ0n) is 12.7. The quantitative estimate of drug-likeness (QED) is 0.852. The van der Waals surface area contributed by atoms with Gasteiger partial charge in [0.25, 0.3) is 0 Å². The van der Waals surface area contributed by atoms with Crippen molar-refractivity contribution in [3.63, 3.8) is 0 Å². The number of carbonyl (C=O) groups excluding carboxylic acids is 1. The summed E-state index contributed by atoms with van der Waals surface area (Å²) in [5.41, 5.74) is 3.80. The summed E-state index contributed by atoms with van der Waals surface area (Å²) in [7, 11) is 0. The Kier molecular flexibility index (Phi) is 4.63. The molecule has 22 heavy (non-hydrogen) atoms. The maximum absolute atomic E-state index is 12.2. The first-order valence-electron chi connectivity index (χ1n) is 7.72. The van der Waals surface area contributed by atoms with Crippen molar-refractivity contribution in [3.05, 3.63) is 69.7 Å². The Morgan fingerprint density at radius 3 is 2.82 bits per heavy atom. The van der Waals surface area contributed by atoms with E-state index in [4.69, 9.17) is 0 Å². The van der Waals surface area contributed by atoms with E-state index in [1.165, 1.54) is 16.7 Å². The summed E-state index contributed by atoms with van der Waals surface area (Å²) in [5, 5.41) is 3.08. The van der Waals surface area contributed by atoms with Crippen molar-refractivity contribution in [2.75, 3.05) is 6.54 Å². The number of halogens is 1. The summed E-state index contributed by atoms with van der Waals surface area (Å²) in [4.78, 5) is 12.2. The molecule has 0 bridgehead atoms. The first-order chi connectivity index (χ1) is 10.6. The molecule has 2 atom stereocenters. The largest absolute Gasteiger partial charge is 0.356 e. The molecule has 3 rings (SSSR count). The molecule has 3 heteroatoms. The van der Waals surface area contributed by atoms with E-state index >= 15 is 0 Å². The highest BCUT2D eigenvalue weighted by Crippen LogP contribution is 2.47. The Labute approximate surface area is 140 Å². The lowest BCUT2D eigenvalue weighted by molar-refractivity contribution is -0.122. The molecule has 0 aliphatic heterocycles. The Morgan fingerprint density at radius 1 is 1.23 bits per heavy atom. The molecule has 0 radical (unpaired) electrons. The van der Waals surface area contributed by atoms with Crippen molar-refractivity contribution in [1.29, 1.82) is 0 Å². The first kappa shape index (κ1) is 15.3. The Bertz CT molecular complexity index is 683. The van der Waals surface area contributed by atoms with Crippen LogP contribution >= 0.6 is 15.9 Å². The second kappa shape index (κ2) is 6.66. The summed E-state index contributed by atoms with van der Waals surface area (Å²) in [6.45, 7) is 2.80. The van der Waals surface area contributed by atoms with E-state index in [9.17, 15) is 4.79 Å². The summed E-state index contributed by atoms with van der Waals surface area (Å²) in [6.07, 6.45) is 1.86. The normalized spacial score (nSPS) is 19.7. The van der Waals surface area contributed by atoms with Crippen molar-refractivity contribution in [1.82, 2.24) is 5.32 Å². The molecule has 1 aliphatic rings. The molecule has 1 saturated carbocycles. The fourth-order valence-corrected chi connectivity index (χ4v) is 3.34. The predicted octanol–water partition coefficient (Wildman–Crippen LogP) is 4.22. The van der Waals surface area contributed by atoms with Crippen molar-refractivity contribution in [2.45, 2.75) is 25.7 Å². The third-order valence-electron chi connectivity index (χ3n) is 4.20.